The van der Waals surface area contributed by atoms with Crippen LogP contribution in [0.2, 0.25) is 0 Å². The van der Waals surface area contributed by atoms with Crippen LogP contribution in [0.1, 0.15) is 13.8 Å². The zero-order valence-corrected chi connectivity index (χ0v) is 7.15. The van der Waals surface area contributed by atoms with Gasteiger partial charge in [-0.2, -0.15) is 0 Å². The Bertz CT molecular complexity index is 65.5. The summed E-state index contributed by atoms with van der Waals surface area (Å²) in [5.41, 5.74) is 0. The first-order valence-electron chi connectivity index (χ1n) is 2.98. The predicted octanol–water partition coefficient (Wildman–Crippen LogP) is 1.85. The van der Waals surface area contributed by atoms with E-state index < -0.39 is 0 Å². The number of aliphatic hydroxyl groups is 1. The Labute approximate surface area is 66.0 Å². The van der Waals surface area contributed by atoms with Crippen LogP contribution in [0.3, 0.4) is 0 Å². The van der Waals surface area contributed by atoms with Crippen LogP contribution in [0, 0.1) is 5.92 Å². The maximum absolute atomic E-state index is 8.70. The number of hydrogen-bond acceptors (Lipinski definition) is 1. The van der Waals surface area contributed by atoms with E-state index in [0.717, 1.165) is 0 Å². The van der Waals surface area contributed by atoms with Crippen LogP contribution in [-0.4, -0.2) is 22.5 Å². The van der Waals surface area contributed by atoms with E-state index in [2.05, 4.69) is 0 Å². The summed E-state index contributed by atoms with van der Waals surface area (Å²) in [4.78, 5) is 0. The monoisotopic (exact) mass is 170 g/mol. The number of alkyl halides is 2. The Kier molecular flexibility index (Phi) is 4.63. The van der Waals surface area contributed by atoms with Crippen molar-refractivity contribution >= 4 is 23.2 Å². The molecule has 0 bridgehead atoms. The Morgan fingerprint density at radius 3 is 1.56 bits per heavy atom. The summed E-state index contributed by atoms with van der Waals surface area (Å²) in [6, 6.07) is 0. The van der Waals surface area contributed by atoms with Crippen molar-refractivity contribution in [2.45, 2.75) is 24.6 Å². The van der Waals surface area contributed by atoms with E-state index >= 15 is 0 Å². The van der Waals surface area contributed by atoms with Gasteiger partial charge in [0.05, 0.1) is 0 Å². The van der Waals surface area contributed by atoms with Gasteiger partial charge in [0.15, 0.2) is 0 Å². The van der Waals surface area contributed by atoms with Crippen molar-refractivity contribution < 1.29 is 5.11 Å². The zero-order chi connectivity index (χ0) is 7.44. The van der Waals surface area contributed by atoms with Crippen LogP contribution in [0.25, 0.3) is 0 Å². The largest absolute Gasteiger partial charge is 0.396 e. The fourth-order valence-corrected chi connectivity index (χ4v) is 1.33. The molecule has 1 N–H and O–H groups in total. The fourth-order valence-electron chi connectivity index (χ4n) is 0.656. The van der Waals surface area contributed by atoms with Crippen molar-refractivity contribution in [1.82, 2.24) is 0 Å². The second-order valence-electron chi connectivity index (χ2n) is 2.20. The molecule has 0 radical (unpaired) electrons. The average molecular weight is 171 g/mol. The summed E-state index contributed by atoms with van der Waals surface area (Å²) >= 11 is 11.4. The molecule has 0 amide bonds. The van der Waals surface area contributed by atoms with Crippen molar-refractivity contribution in [1.29, 1.82) is 0 Å². The van der Waals surface area contributed by atoms with E-state index in [1.54, 1.807) is 0 Å². The molecule has 0 heterocycles. The number of aliphatic hydroxyl groups excluding tert-OH is 1. The average Bonchev–Trinajstić information content (AvgIpc) is 1.64. The Hall–Kier alpha value is 0.540. The lowest BCUT2D eigenvalue weighted by Gasteiger charge is -2.18. The molecule has 9 heavy (non-hydrogen) atoms. The van der Waals surface area contributed by atoms with Gasteiger partial charge >= 0.3 is 0 Å². The highest BCUT2D eigenvalue weighted by Gasteiger charge is 2.18. The summed E-state index contributed by atoms with van der Waals surface area (Å²) in [5.74, 6) is 0.00772. The molecule has 0 rings (SSSR count). The van der Waals surface area contributed by atoms with Crippen LogP contribution >= 0.6 is 23.2 Å². The molecule has 0 aliphatic rings. The molecule has 2 atom stereocenters. The van der Waals surface area contributed by atoms with Gasteiger partial charge in [0, 0.05) is 23.3 Å². The number of rotatable bonds is 3. The van der Waals surface area contributed by atoms with Gasteiger partial charge in [-0.25, -0.2) is 0 Å². The van der Waals surface area contributed by atoms with Crippen LogP contribution in [-0.2, 0) is 0 Å². The van der Waals surface area contributed by atoms with Gasteiger partial charge in [0.2, 0.25) is 0 Å². The summed E-state index contributed by atoms with van der Waals surface area (Å²) in [5, 5.41) is 8.59. The molecule has 0 aromatic carbocycles. The Balaban J connectivity index is 3.68. The smallest absolute Gasteiger partial charge is 0.0487 e. The van der Waals surface area contributed by atoms with Gasteiger partial charge in [-0.05, 0) is 13.8 Å². The minimum absolute atomic E-state index is 0.00772. The first-order chi connectivity index (χ1) is 4.09. The molecule has 2 unspecified atom stereocenters. The molecule has 0 aromatic rings. The van der Waals surface area contributed by atoms with E-state index in [1.165, 1.54) is 0 Å². The maximum Gasteiger partial charge on any atom is 0.0487 e. The molecule has 0 spiro atoms. The summed E-state index contributed by atoms with van der Waals surface area (Å²) < 4.78 is 0. The number of hydrogen-bond donors (Lipinski definition) is 1. The van der Waals surface area contributed by atoms with Crippen LogP contribution in [0.15, 0.2) is 0 Å². The highest BCUT2D eigenvalue weighted by atomic mass is 35.5. The highest BCUT2D eigenvalue weighted by molar-refractivity contribution is 6.23. The molecule has 0 aliphatic carbocycles. The van der Waals surface area contributed by atoms with Gasteiger partial charge < -0.3 is 5.11 Å². The lowest BCUT2D eigenvalue weighted by Crippen LogP contribution is -2.23. The molecule has 0 fully saturated rings. The number of halogens is 2. The second-order valence-corrected chi connectivity index (χ2v) is 3.58. The van der Waals surface area contributed by atoms with Gasteiger partial charge in [0.1, 0.15) is 0 Å². The summed E-state index contributed by atoms with van der Waals surface area (Å²) in [6.07, 6.45) is 0. The van der Waals surface area contributed by atoms with Crippen molar-refractivity contribution in [2.75, 3.05) is 6.61 Å². The molecule has 0 saturated carbocycles. The quantitative estimate of drug-likeness (QED) is 0.642. The Morgan fingerprint density at radius 1 is 1.22 bits per heavy atom. The molecule has 3 heteroatoms. The zero-order valence-electron chi connectivity index (χ0n) is 5.64. The Morgan fingerprint density at radius 2 is 1.56 bits per heavy atom. The lowest BCUT2D eigenvalue weighted by molar-refractivity contribution is 0.223. The van der Waals surface area contributed by atoms with Gasteiger partial charge in [-0.3, -0.25) is 0 Å². The van der Waals surface area contributed by atoms with E-state index in [1.807, 2.05) is 13.8 Å². The van der Waals surface area contributed by atoms with Gasteiger partial charge in [-0.1, -0.05) is 0 Å². The standard InChI is InChI=1S/C6H12Cl2O/c1-4(7)6(3-9)5(2)8/h4-6,9H,3H2,1-2H3. The van der Waals surface area contributed by atoms with Crippen molar-refractivity contribution in [2.24, 2.45) is 5.92 Å². The first-order valence-corrected chi connectivity index (χ1v) is 3.86. The van der Waals surface area contributed by atoms with Crippen molar-refractivity contribution in [3.63, 3.8) is 0 Å². The molecule has 0 aliphatic heterocycles. The van der Waals surface area contributed by atoms with Crippen LogP contribution in [0.4, 0.5) is 0 Å². The molecule has 56 valence electrons. The SMILES string of the molecule is CC(Cl)C(CO)C(C)Cl. The predicted molar refractivity (Wildman–Crippen MR) is 41.2 cm³/mol. The maximum atomic E-state index is 8.70. The highest BCUT2D eigenvalue weighted by Crippen LogP contribution is 2.17. The van der Waals surface area contributed by atoms with Crippen LogP contribution < -0.4 is 0 Å². The van der Waals surface area contributed by atoms with Crippen LogP contribution in [0.5, 0.6) is 0 Å². The first kappa shape index (κ1) is 9.54. The molecule has 0 aromatic heterocycles. The van der Waals surface area contributed by atoms with E-state index in [0.29, 0.717) is 0 Å². The van der Waals surface area contributed by atoms with E-state index in [4.69, 9.17) is 28.3 Å². The van der Waals surface area contributed by atoms with Gasteiger partial charge in [0.25, 0.3) is 0 Å². The van der Waals surface area contributed by atoms with Crippen molar-refractivity contribution in [3.05, 3.63) is 0 Å². The minimum Gasteiger partial charge on any atom is -0.396 e. The molecular formula is C6H12Cl2O. The third-order valence-corrected chi connectivity index (χ3v) is 2.04. The lowest BCUT2D eigenvalue weighted by atomic mass is 10.0. The van der Waals surface area contributed by atoms with E-state index in [-0.39, 0.29) is 23.3 Å². The molecular weight excluding hydrogens is 159 g/mol. The third-order valence-electron chi connectivity index (χ3n) is 1.39. The normalized spacial score (nSPS) is 21.0. The third kappa shape index (κ3) is 3.29. The van der Waals surface area contributed by atoms with Crippen molar-refractivity contribution in [3.8, 4) is 0 Å². The second kappa shape index (κ2) is 4.37. The fraction of sp³-hybridized carbons (Fsp3) is 1.00. The topological polar surface area (TPSA) is 20.2 Å². The molecule has 1 nitrogen and oxygen atoms in total. The molecule has 0 saturated heterocycles. The summed E-state index contributed by atoms with van der Waals surface area (Å²) in [6.45, 7) is 3.73. The minimum atomic E-state index is -0.0532. The van der Waals surface area contributed by atoms with Gasteiger partial charge in [-0.15, -0.1) is 23.2 Å². The summed E-state index contributed by atoms with van der Waals surface area (Å²) in [7, 11) is 0. The van der Waals surface area contributed by atoms with E-state index in [9.17, 15) is 0 Å².